The van der Waals surface area contributed by atoms with Crippen LogP contribution in [0.5, 0.6) is 0 Å². The molecule has 0 saturated carbocycles. The number of nitrogens with one attached hydrogen (secondary N) is 1. The summed E-state index contributed by atoms with van der Waals surface area (Å²) in [7, 11) is 0. The van der Waals surface area contributed by atoms with Gasteiger partial charge in [0.15, 0.2) is 0 Å². The van der Waals surface area contributed by atoms with E-state index < -0.39 is 0 Å². The maximum Gasteiger partial charge on any atom is 0.0900 e. The lowest BCUT2D eigenvalue weighted by molar-refractivity contribution is 0.0525. The molecule has 1 saturated heterocycles. The van der Waals surface area contributed by atoms with E-state index in [9.17, 15) is 0 Å². The van der Waals surface area contributed by atoms with Crippen LogP contribution in [0.15, 0.2) is 5.38 Å². The average molecular weight is 198 g/mol. The number of thiazole rings is 1. The number of rotatable bonds is 3. The van der Waals surface area contributed by atoms with Gasteiger partial charge in [0.2, 0.25) is 0 Å². The molecule has 2 rings (SSSR count). The fraction of sp³-hybridized carbons (Fsp3) is 0.667. The van der Waals surface area contributed by atoms with E-state index in [2.05, 4.69) is 15.7 Å². The fourth-order valence-corrected chi connectivity index (χ4v) is 2.05. The van der Waals surface area contributed by atoms with Gasteiger partial charge in [-0.15, -0.1) is 11.3 Å². The molecule has 1 aliphatic heterocycles. The first-order valence-electron chi connectivity index (χ1n) is 4.58. The molecule has 2 heterocycles. The third kappa shape index (κ3) is 2.49. The predicted octanol–water partition coefficient (Wildman–Crippen LogP) is 1.33. The molecule has 4 heteroatoms. The molecule has 0 spiro atoms. The highest BCUT2D eigenvalue weighted by molar-refractivity contribution is 7.09. The van der Waals surface area contributed by atoms with Gasteiger partial charge in [-0.2, -0.15) is 0 Å². The van der Waals surface area contributed by atoms with Crippen molar-refractivity contribution in [1.82, 2.24) is 10.3 Å². The molecule has 1 aromatic rings. The summed E-state index contributed by atoms with van der Waals surface area (Å²) in [6.07, 6.45) is 1.52. The number of ether oxygens (including phenoxy) is 1. The van der Waals surface area contributed by atoms with Gasteiger partial charge >= 0.3 is 0 Å². The lowest BCUT2D eigenvalue weighted by Gasteiger charge is -2.07. The summed E-state index contributed by atoms with van der Waals surface area (Å²) in [6, 6.07) is 0. The highest BCUT2D eigenvalue weighted by Gasteiger charge is 2.14. The fourth-order valence-electron chi connectivity index (χ4n) is 1.45. The molecule has 72 valence electrons. The van der Waals surface area contributed by atoms with Crippen molar-refractivity contribution in [3.05, 3.63) is 16.1 Å². The largest absolute Gasteiger partial charge is 0.371 e. The van der Waals surface area contributed by atoms with Crippen LogP contribution in [-0.2, 0) is 11.3 Å². The molecule has 1 fully saturated rings. The zero-order valence-corrected chi connectivity index (χ0v) is 8.56. The Bertz CT molecular complexity index is 268. The first-order chi connectivity index (χ1) is 6.34. The van der Waals surface area contributed by atoms with E-state index in [-0.39, 0.29) is 0 Å². The van der Waals surface area contributed by atoms with Crippen LogP contribution in [0.4, 0.5) is 0 Å². The van der Waals surface area contributed by atoms with Gasteiger partial charge in [0.25, 0.3) is 0 Å². The monoisotopic (exact) mass is 198 g/mol. The SMILES string of the molecule is Cc1nc(CO[C@H]2CCNC2)cs1. The van der Waals surface area contributed by atoms with Crippen LogP contribution in [0.2, 0.25) is 0 Å². The predicted molar refractivity (Wildman–Crippen MR) is 52.9 cm³/mol. The summed E-state index contributed by atoms with van der Waals surface area (Å²) in [5.74, 6) is 0. The molecule has 1 atom stereocenters. The van der Waals surface area contributed by atoms with Crippen molar-refractivity contribution in [2.24, 2.45) is 0 Å². The summed E-state index contributed by atoms with van der Waals surface area (Å²) >= 11 is 1.68. The third-order valence-corrected chi connectivity index (χ3v) is 2.97. The summed E-state index contributed by atoms with van der Waals surface area (Å²) in [6.45, 7) is 4.76. The molecule has 1 N–H and O–H groups in total. The van der Waals surface area contributed by atoms with Gasteiger partial charge in [0.05, 0.1) is 23.4 Å². The minimum Gasteiger partial charge on any atom is -0.371 e. The van der Waals surface area contributed by atoms with Crippen LogP contribution < -0.4 is 5.32 Å². The van der Waals surface area contributed by atoms with Crippen molar-refractivity contribution in [3.8, 4) is 0 Å². The molecule has 0 bridgehead atoms. The van der Waals surface area contributed by atoms with E-state index in [1.165, 1.54) is 0 Å². The minimum atomic E-state index is 0.391. The zero-order valence-electron chi connectivity index (χ0n) is 7.75. The second-order valence-electron chi connectivity index (χ2n) is 3.28. The van der Waals surface area contributed by atoms with Crippen molar-refractivity contribution in [2.45, 2.75) is 26.1 Å². The van der Waals surface area contributed by atoms with Gasteiger partial charge in [-0.25, -0.2) is 4.98 Å². The Labute approximate surface area is 82.1 Å². The smallest absolute Gasteiger partial charge is 0.0900 e. The number of aryl methyl sites for hydroxylation is 1. The number of hydrogen-bond acceptors (Lipinski definition) is 4. The van der Waals surface area contributed by atoms with Gasteiger partial charge in [-0.3, -0.25) is 0 Å². The topological polar surface area (TPSA) is 34.1 Å². The molecule has 0 amide bonds. The Morgan fingerprint density at radius 3 is 3.31 bits per heavy atom. The van der Waals surface area contributed by atoms with Crippen molar-refractivity contribution >= 4 is 11.3 Å². The van der Waals surface area contributed by atoms with Crippen LogP contribution in [0.25, 0.3) is 0 Å². The van der Waals surface area contributed by atoms with Crippen molar-refractivity contribution in [2.75, 3.05) is 13.1 Å². The first kappa shape index (κ1) is 9.12. The van der Waals surface area contributed by atoms with E-state index in [0.717, 1.165) is 30.2 Å². The molecular formula is C9H14N2OS. The second-order valence-corrected chi connectivity index (χ2v) is 4.35. The van der Waals surface area contributed by atoms with Gasteiger partial charge in [-0.05, 0) is 19.9 Å². The molecular weight excluding hydrogens is 184 g/mol. The number of nitrogens with zero attached hydrogens (tertiary/aromatic N) is 1. The van der Waals surface area contributed by atoms with E-state index in [1.807, 2.05) is 6.92 Å². The normalized spacial score (nSPS) is 22.4. The molecule has 0 radical (unpaired) electrons. The van der Waals surface area contributed by atoms with E-state index >= 15 is 0 Å². The van der Waals surface area contributed by atoms with Crippen molar-refractivity contribution in [3.63, 3.8) is 0 Å². The Morgan fingerprint density at radius 1 is 1.77 bits per heavy atom. The lowest BCUT2D eigenvalue weighted by atomic mass is 10.3. The van der Waals surface area contributed by atoms with E-state index in [1.54, 1.807) is 11.3 Å². The molecule has 13 heavy (non-hydrogen) atoms. The number of hydrogen-bond donors (Lipinski definition) is 1. The standard InChI is InChI=1S/C9H14N2OS/c1-7-11-8(6-13-7)5-12-9-2-3-10-4-9/h6,9-10H,2-5H2,1H3/t9-/m0/s1. The Hall–Kier alpha value is -0.450. The molecule has 0 aromatic carbocycles. The molecule has 3 nitrogen and oxygen atoms in total. The summed E-state index contributed by atoms with van der Waals surface area (Å²) in [5, 5.41) is 6.45. The maximum atomic E-state index is 5.68. The zero-order chi connectivity index (χ0) is 9.10. The van der Waals surface area contributed by atoms with Crippen LogP contribution >= 0.6 is 11.3 Å². The van der Waals surface area contributed by atoms with Crippen molar-refractivity contribution < 1.29 is 4.74 Å². The Kier molecular flexibility index (Phi) is 2.93. The highest BCUT2D eigenvalue weighted by atomic mass is 32.1. The van der Waals surface area contributed by atoms with E-state index in [0.29, 0.717) is 12.7 Å². The lowest BCUT2D eigenvalue weighted by Crippen LogP contribution is -2.16. The summed E-state index contributed by atoms with van der Waals surface area (Å²) in [5.41, 5.74) is 1.06. The van der Waals surface area contributed by atoms with Gasteiger partial charge in [0.1, 0.15) is 0 Å². The number of aromatic nitrogens is 1. The summed E-state index contributed by atoms with van der Waals surface area (Å²) in [4.78, 5) is 4.34. The maximum absolute atomic E-state index is 5.68. The quantitative estimate of drug-likeness (QED) is 0.795. The second kappa shape index (κ2) is 4.17. The molecule has 1 aromatic heterocycles. The van der Waals surface area contributed by atoms with Crippen LogP contribution in [0.3, 0.4) is 0 Å². The van der Waals surface area contributed by atoms with Crippen molar-refractivity contribution in [1.29, 1.82) is 0 Å². The molecule has 0 unspecified atom stereocenters. The highest BCUT2D eigenvalue weighted by Crippen LogP contribution is 2.11. The molecule has 1 aliphatic rings. The minimum absolute atomic E-state index is 0.391. The van der Waals surface area contributed by atoms with E-state index in [4.69, 9.17) is 4.74 Å². The Balaban J connectivity index is 1.78. The van der Waals surface area contributed by atoms with Gasteiger partial charge in [-0.1, -0.05) is 0 Å². The average Bonchev–Trinajstić information content (AvgIpc) is 2.71. The van der Waals surface area contributed by atoms with Gasteiger partial charge in [0, 0.05) is 11.9 Å². The Morgan fingerprint density at radius 2 is 2.69 bits per heavy atom. The summed E-state index contributed by atoms with van der Waals surface area (Å²) < 4.78 is 5.68. The third-order valence-electron chi connectivity index (χ3n) is 2.15. The van der Waals surface area contributed by atoms with Crippen LogP contribution in [0.1, 0.15) is 17.1 Å². The van der Waals surface area contributed by atoms with Crippen LogP contribution in [-0.4, -0.2) is 24.2 Å². The first-order valence-corrected chi connectivity index (χ1v) is 5.46. The van der Waals surface area contributed by atoms with Gasteiger partial charge < -0.3 is 10.1 Å². The van der Waals surface area contributed by atoms with Crippen LogP contribution in [0, 0.1) is 6.92 Å². The molecule has 0 aliphatic carbocycles.